The Kier molecular flexibility index (Phi) is 5.29. The molecule has 1 N–H and O–H groups in total. The molecule has 132 valence electrons. The summed E-state index contributed by atoms with van der Waals surface area (Å²) in [6, 6.07) is 12.2. The van der Waals surface area contributed by atoms with Gasteiger partial charge in [0.2, 0.25) is 5.91 Å². The SMILES string of the molecule is COc1ccc(N2C(=O)CS/C2=C(\C#N)C(=O)NCc2ccco2)cc1. The van der Waals surface area contributed by atoms with E-state index in [2.05, 4.69) is 5.32 Å². The molecule has 0 spiro atoms. The molecule has 1 aromatic heterocycles. The summed E-state index contributed by atoms with van der Waals surface area (Å²) in [4.78, 5) is 26.1. The number of benzene rings is 1. The van der Waals surface area contributed by atoms with Gasteiger partial charge in [-0.1, -0.05) is 11.8 Å². The molecule has 0 radical (unpaired) electrons. The van der Waals surface area contributed by atoms with Crippen molar-refractivity contribution in [1.82, 2.24) is 5.32 Å². The zero-order valence-corrected chi connectivity index (χ0v) is 14.7. The molecular formula is C18H15N3O4S. The summed E-state index contributed by atoms with van der Waals surface area (Å²) >= 11 is 1.17. The van der Waals surface area contributed by atoms with Crippen molar-refractivity contribution >= 4 is 29.3 Å². The van der Waals surface area contributed by atoms with Crippen molar-refractivity contribution in [2.75, 3.05) is 17.8 Å². The average molecular weight is 369 g/mol. The van der Waals surface area contributed by atoms with Crippen molar-refractivity contribution in [2.24, 2.45) is 0 Å². The van der Waals surface area contributed by atoms with E-state index in [9.17, 15) is 14.9 Å². The molecule has 1 aliphatic heterocycles. The van der Waals surface area contributed by atoms with Gasteiger partial charge < -0.3 is 14.5 Å². The zero-order valence-electron chi connectivity index (χ0n) is 13.9. The molecule has 1 fully saturated rings. The third-order valence-corrected chi connectivity index (χ3v) is 4.72. The van der Waals surface area contributed by atoms with Gasteiger partial charge in [0.15, 0.2) is 0 Å². The first-order chi connectivity index (χ1) is 12.6. The minimum Gasteiger partial charge on any atom is -0.497 e. The smallest absolute Gasteiger partial charge is 0.265 e. The highest BCUT2D eigenvalue weighted by Gasteiger charge is 2.33. The molecule has 26 heavy (non-hydrogen) atoms. The first kappa shape index (κ1) is 17.6. The van der Waals surface area contributed by atoms with Crippen LogP contribution < -0.4 is 15.0 Å². The summed E-state index contributed by atoms with van der Waals surface area (Å²) in [5, 5.41) is 12.4. The van der Waals surface area contributed by atoms with E-state index in [0.717, 1.165) is 0 Å². The number of ether oxygens (including phenoxy) is 1. The molecular weight excluding hydrogens is 354 g/mol. The van der Waals surface area contributed by atoms with E-state index in [-0.39, 0.29) is 23.8 Å². The van der Waals surface area contributed by atoms with Gasteiger partial charge in [-0.3, -0.25) is 14.5 Å². The van der Waals surface area contributed by atoms with E-state index in [1.807, 2.05) is 6.07 Å². The number of rotatable bonds is 5. The molecule has 3 rings (SSSR count). The number of furan rings is 1. The second kappa shape index (κ2) is 7.80. The normalized spacial score (nSPS) is 15.5. The summed E-state index contributed by atoms with van der Waals surface area (Å²) in [5.74, 6) is 0.636. The first-order valence-corrected chi connectivity index (χ1v) is 8.67. The summed E-state index contributed by atoms with van der Waals surface area (Å²) in [7, 11) is 1.55. The molecule has 2 aromatic rings. The van der Waals surface area contributed by atoms with Gasteiger partial charge in [0.25, 0.3) is 5.91 Å². The molecule has 1 saturated heterocycles. The standard InChI is InChI=1S/C18H15N3O4S/c1-24-13-6-4-12(5-7-13)21-16(22)11-26-18(21)15(9-19)17(23)20-10-14-3-2-8-25-14/h2-8H,10-11H2,1H3,(H,20,23)/b18-15+. The van der Waals surface area contributed by atoms with E-state index in [0.29, 0.717) is 22.2 Å². The lowest BCUT2D eigenvalue weighted by atomic mass is 10.2. The maximum absolute atomic E-state index is 12.4. The Morgan fingerprint density at radius 2 is 2.15 bits per heavy atom. The number of nitrogens with one attached hydrogen (secondary N) is 1. The van der Waals surface area contributed by atoms with Crippen molar-refractivity contribution in [3.05, 3.63) is 59.0 Å². The number of nitrogens with zero attached hydrogens (tertiary/aromatic N) is 2. The predicted octanol–water partition coefficient (Wildman–Crippen LogP) is 2.42. The molecule has 2 heterocycles. The molecule has 0 bridgehead atoms. The second-order valence-corrected chi connectivity index (χ2v) is 6.23. The Bertz CT molecular complexity index is 882. The lowest BCUT2D eigenvalue weighted by molar-refractivity contribution is -0.117. The Morgan fingerprint density at radius 1 is 1.38 bits per heavy atom. The minimum absolute atomic E-state index is 0.108. The molecule has 7 nitrogen and oxygen atoms in total. The Morgan fingerprint density at radius 3 is 2.77 bits per heavy atom. The van der Waals surface area contributed by atoms with Crippen LogP contribution in [0.15, 0.2) is 57.7 Å². The van der Waals surface area contributed by atoms with E-state index >= 15 is 0 Å². The van der Waals surface area contributed by atoms with Gasteiger partial charge in [0, 0.05) is 5.69 Å². The summed E-state index contributed by atoms with van der Waals surface area (Å²) < 4.78 is 10.3. The van der Waals surface area contributed by atoms with E-state index in [1.54, 1.807) is 43.5 Å². The number of thioether (sulfide) groups is 1. The van der Waals surface area contributed by atoms with Crippen molar-refractivity contribution in [3.8, 4) is 11.8 Å². The largest absolute Gasteiger partial charge is 0.497 e. The van der Waals surface area contributed by atoms with Crippen LogP contribution in [0.5, 0.6) is 5.75 Å². The van der Waals surface area contributed by atoms with Gasteiger partial charge in [0.05, 0.1) is 25.7 Å². The molecule has 0 saturated carbocycles. The van der Waals surface area contributed by atoms with Crippen LogP contribution in [0.4, 0.5) is 5.69 Å². The van der Waals surface area contributed by atoms with Gasteiger partial charge in [-0.15, -0.1) is 0 Å². The van der Waals surface area contributed by atoms with Crippen molar-refractivity contribution in [3.63, 3.8) is 0 Å². The molecule has 1 aliphatic rings. The van der Waals surface area contributed by atoms with E-state index in [4.69, 9.17) is 9.15 Å². The number of hydrogen-bond donors (Lipinski definition) is 1. The monoisotopic (exact) mass is 369 g/mol. The molecule has 0 aliphatic carbocycles. The fourth-order valence-electron chi connectivity index (χ4n) is 2.41. The van der Waals surface area contributed by atoms with Crippen molar-refractivity contribution < 1.29 is 18.7 Å². The fourth-order valence-corrected chi connectivity index (χ4v) is 3.42. The number of nitriles is 1. The van der Waals surface area contributed by atoms with Crippen molar-refractivity contribution in [1.29, 1.82) is 5.26 Å². The van der Waals surface area contributed by atoms with Crippen LogP contribution in [-0.2, 0) is 16.1 Å². The van der Waals surface area contributed by atoms with Gasteiger partial charge in [-0.25, -0.2) is 0 Å². The first-order valence-electron chi connectivity index (χ1n) is 7.69. The van der Waals surface area contributed by atoms with Crippen LogP contribution in [-0.4, -0.2) is 24.7 Å². The minimum atomic E-state index is -0.556. The molecule has 2 amide bonds. The highest BCUT2D eigenvalue weighted by Crippen LogP contribution is 2.36. The van der Waals surface area contributed by atoms with Crippen molar-refractivity contribution in [2.45, 2.75) is 6.54 Å². The van der Waals surface area contributed by atoms with Crippen LogP contribution in [0.3, 0.4) is 0 Å². The van der Waals surface area contributed by atoms with Gasteiger partial charge >= 0.3 is 0 Å². The number of amides is 2. The van der Waals surface area contributed by atoms with Gasteiger partial charge in [0.1, 0.15) is 28.2 Å². The van der Waals surface area contributed by atoms with Crippen LogP contribution in [0.1, 0.15) is 5.76 Å². The molecule has 8 heteroatoms. The topological polar surface area (TPSA) is 95.6 Å². The quantitative estimate of drug-likeness (QED) is 0.642. The molecule has 0 unspecified atom stereocenters. The maximum atomic E-state index is 12.4. The van der Waals surface area contributed by atoms with Crippen LogP contribution in [0.2, 0.25) is 0 Å². The summed E-state index contributed by atoms with van der Waals surface area (Å²) in [6.07, 6.45) is 1.50. The Balaban J connectivity index is 1.87. The van der Waals surface area contributed by atoms with Gasteiger partial charge in [-0.2, -0.15) is 5.26 Å². The zero-order chi connectivity index (χ0) is 18.5. The average Bonchev–Trinajstić information content (AvgIpc) is 3.31. The Labute approximate surface area is 154 Å². The highest BCUT2D eigenvalue weighted by atomic mass is 32.2. The molecule has 0 atom stereocenters. The number of methoxy groups -OCH3 is 1. The van der Waals surface area contributed by atoms with E-state index in [1.165, 1.54) is 22.9 Å². The Hall–Kier alpha value is -3.18. The number of carbonyl (C=O) groups is 2. The van der Waals surface area contributed by atoms with Gasteiger partial charge in [-0.05, 0) is 36.4 Å². The van der Waals surface area contributed by atoms with E-state index < -0.39 is 5.91 Å². The van der Waals surface area contributed by atoms with Crippen LogP contribution in [0.25, 0.3) is 0 Å². The number of anilines is 1. The number of carbonyl (C=O) groups excluding carboxylic acids is 2. The second-order valence-electron chi connectivity index (χ2n) is 5.27. The predicted molar refractivity (Wildman–Crippen MR) is 96.1 cm³/mol. The van der Waals surface area contributed by atoms with Crippen LogP contribution >= 0.6 is 11.8 Å². The maximum Gasteiger partial charge on any atom is 0.265 e. The lowest BCUT2D eigenvalue weighted by Gasteiger charge is -2.18. The highest BCUT2D eigenvalue weighted by molar-refractivity contribution is 8.04. The number of hydrogen-bond acceptors (Lipinski definition) is 6. The fraction of sp³-hybridized carbons (Fsp3) is 0.167. The summed E-state index contributed by atoms with van der Waals surface area (Å²) in [5.41, 5.74) is 0.464. The van der Waals surface area contributed by atoms with Crippen LogP contribution in [0, 0.1) is 11.3 Å². The third kappa shape index (κ3) is 3.58. The molecule has 1 aromatic carbocycles. The summed E-state index contributed by atoms with van der Waals surface area (Å²) in [6.45, 7) is 0.158. The lowest BCUT2D eigenvalue weighted by Crippen LogP contribution is -2.29. The third-order valence-electron chi connectivity index (χ3n) is 3.67.